The Morgan fingerprint density at radius 3 is 1.20 bits per heavy atom. The van der Waals surface area contributed by atoms with Gasteiger partial charge in [0.2, 0.25) is 0 Å². The summed E-state index contributed by atoms with van der Waals surface area (Å²) in [5.41, 5.74) is 0. The molecule has 10 heavy (non-hydrogen) atoms. The first-order valence-corrected chi connectivity index (χ1v) is 4.24. The minimum Gasteiger partial charge on any atom is -0.370 e. The third-order valence-corrected chi connectivity index (χ3v) is 2.85. The summed E-state index contributed by atoms with van der Waals surface area (Å²) in [4.78, 5) is 0. The van der Waals surface area contributed by atoms with Gasteiger partial charge in [-0.1, -0.05) is 0 Å². The molecule has 0 aromatic carbocycles. The molecule has 0 N–H and O–H groups in total. The molecule has 2 heterocycles. The van der Waals surface area contributed by atoms with E-state index >= 15 is 0 Å². The molecule has 3 rings (SSSR count). The van der Waals surface area contributed by atoms with E-state index in [1.807, 2.05) is 0 Å². The fourth-order valence-electron chi connectivity index (χ4n) is 2.03. The van der Waals surface area contributed by atoms with Crippen molar-refractivity contribution in [2.24, 2.45) is 0 Å². The van der Waals surface area contributed by atoms with Crippen molar-refractivity contribution < 1.29 is 9.47 Å². The maximum Gasteiger partial charge on any atom is 0.0842 e. The van der Waals surface area contributed by atoms with Crippen LogP contribution < -0.4 is 0 Å². The molecule has 1 aliphatic carbocycles. The molecule has 2 aliphatic heterocycles. The number of epoxide rings is 2. The van der Waals surface area contributed by atoms with Crippen molar-refractivity contribution >= 4 is 0 Å². The van der Waals surface area contributed by atoms with E-state index in [2.05, 4.69) is 0 Å². The van der Waals surface area contributed by atoms with Crippen LogP contribution in [0.4, 0.5) is 0 Å². The summed E-state index contributed by atoms with van der Waals surface area (Å²) in [6.45, 7) is 0. The molecule has 0 spiro atoms. The van der Waals surface area contributed by atoms with E-state index in [-0.39, 0.29) is 0 Å². The first-order valence-electron chi connectivity index (χ1n) is 4.24. The van der Waals surface area contributed by atoms with Crippen LogP contribution in [0.3, 0.4) is 0 Å². The standard InChI is InChI=1S/C8H12O2/c1-2-6-8(10-6)4-3-7-5(1)9-7/h5-8H,1-4H2/t5-,6-,7-,8+/m1/s1. The fraction of sp³-hybridized carbons (Fsp3) is 1.00. The highest BCUT2D eigenvalue weighted by atomic mass is 16.6. The van der Waals surface area contributed by atoms with E-state index in [0.717, 1.165) is 0 Å². The lowest BCUT2D eigenvalue weighted by Gasteiger charge is -1.97. The summed E-state index contributed by atoms with van der Waals surface area (Å²) in [5, 5.41) is 0. The zero-order valence-corrected chi connectivity index (χ0v) is 5.95. The molecule has 3 aliphatic rings. The van der Waals surface area contributed by atoms with E-state index < -0.39 is 0 Å². The largest absolute Gasteiger partial charge is 0.370 e. The van der Waals surface area contributed by atoms with Gasteiger partial charge in [0.15, 0.2) is 0 Å². The van der Waals surface area contributed by atoms with E-state index in [1.54, 1.807) is 0 Å². The lowest BCUT2D eigenvalue weighted by Crippen LogP contribution is -2.04. The predicted molar refractivity (Wildman–Crippen MR) is 35.8 cm³/mol. The van der Waals surface area contributed by atoms with Crippen LogP contribution in [-0.2, 0) is 9.47 Å². The van der Waals surface area contributed by atoms with Gasteiger partial charge in [-0.3, -0.25) is 0 Å². The first-order chi connectivity index (χ1) is 4.93. The fourth-order valence-corrected chi connectivity index (χ4v) is 2.03. The molecule has 1 saturated carbocycles. The van der Waals surface area contributed by atoms with E-state index in [0.29, 0.717) is 24.4 Å². The average Bonchev–Trinajstić information content (AvgIpc) is 2.70. The Hall–Kier alpha value is -0.0800. The number of hydrogen-bond acceptors (Lipinski definition) is 2. The lowest BCUT2D eigenvalue weighted by atomic mass is 10.0. The van der Waals surface area contributed by atoms with Crippen molar-refractivity contribution in [2.45, 2.75) is 50.1 Å². The number of hydrogen-bond donors (Lipinski definition) is 0. The highest BCUT2D eigenvalue weighted by Gasteiger charge is 2.47. The summed E-state index contributed by atoms with van der Waals surface area (Å²) < 4.78 is 10.9. The molecule has 0 aromatic rings. The van der Waals surface area contributed by atoms with Crippen molar-refractivity contribution in [2.75, 3.05) is 0 Å². The quantitative estimate of drug-likeness (QED) is 0.471. The Bertz CT molecular complexity index is 123. The Labute approximate surface area is 60.5 Å². The van der Waals surface area contributed by atoms with Gasteiger partial charge >= 0.3 is 0 Å². The highest BCUT2D eigenvalue weighted by molar-refractivity contribution is 4.95. The Morgan fingerprint density at radius 2 is 0.900 bits per heavy atom. The lowest BCUT2D eigenvalue weighted by molar-refractivity contribution is 0.311. The molecular formula is C8H12O2. The molecule has 4 atom stereocenters. The van der Waals surface area contributed by atoms with Gasteiger partial charge in [0.1, 0.15) is 0 Å². The predicted octanol–water partition coefficient (Wildman–Crippen LogP) is 1.10. The zero-order valence-electron chi connectivity index (χ0n) is 5.95. The van der Waals surface area contributed by atoms with E-state index in [1.165, 1.54) is 25.7 Å². The number of fused-ring (bicyclic) bond motifs is 2. The van der Waals surface area contributed by atoms with Crippen LogP contribution >= 0.6 is 0 Å². The van der Waals surface area contributed by atoms with E-state index in [4.69, 9.17) is 9.47 Å². The van der Waals surface area contributed by atoms with Gasteiger partial charge in [0, 0.05) is 0 Å². The normalized spacial score (nSPS) is 57.6. The van der Waals surface area contributed by atoms with Gasteiger partial charge < -0.3 is 9.47 Å². The Morgan fingerprint density at radius 1 is 0.600 bits per heavy atom. The topological polar surface area (TPSA) is 25.1 Å². The highest BCUT2D eigenvalue weighted by Crippen LogP contribution is 2.41. The van der Waals surface area contributed by atoms with Crippen LogP contribution in [0.1, 0.15) is 25.7 Å². The number of rotatable bonds is 0. The number of ether oxygens (including phenoxy) is 2. The molecule has 3 fully saturated rings. The van der Waals surface area contributed by atoms with Gasteiger partial charge in [0.25, 0.3) is 0 Å². The van der Waals surface area contributed by atoms with Crippen molar-refractivity contribution in [1.82, 2.24) is 0 Å². The second kappa shape index (κ2) is 1.74. The molecule has 56 valence electrons. The maximum atomic E-state index is 5.45. The summed E-state index contributed by atoms with van der Waals surface area (Å²) in [7, 11) is 0. The average molecular weight is 140 g/mol. The summed E-state index contributed by atoms with van der Waals surface area (Å²) in [5.74, 6) is 0. The minimum absolute atomic E-state index is 0.616. The first kappa shape index (κ1) is 5.56. The van der Waals surface area contributed by atoms with Gasteiger partial charge in [-0.05, 0) is 25.7 Å². The zero-order chi connectivity index (χ0) is 6.55. The molecule has 0 bridgehead atoms. The SMILES string of the molecule is C1C[C@H]2O[C@@H]2CC[C@H]2O[C@@H]12. The van der Waals surface area contributed by atoms with Gasteiger partial charge in [0.05, 0.1) is 24.4 Å². The second-order valence-electron chi connectivity index (χ2n) is 3.58. The summed E-state index contributed by atoms with van der Waals surface area (Å²) >= 11 is 0. The molecule has 0 unspecified atom stereocenters. The molecule has 0 amide bonds. The molecule has 2 heteroatoms. The summed E-state index contributed by atoms with van der Waals surface area (Å²) in [6.07, 6.45) is 7.43. The third kappa shape index (κ3) is 0.789. The second-order valence-corrected chi connectivity index (χ2v) is 3.58. The molecule has 0 radical (unpaired) electrons. The van der Waals surface area contributed by atoms with Crippen LogP contribution in [0.5, 0.6) is 0 Å². The van der Waals surface area contributed by atoms with Crippen LogP contribution in [0.2, 0.25) is 0 Å². The van der Waals surface area contributed by atoms with Crippen molar-refractivity contribution in [3.05, 3.63) is 0 Å². The van der Waals surface area contributed by atoms with Crippen LogP contribution in [0.15, 0.2) is 0 Å². The smallest absolute Gasteiger partial charge is 0.0842 e. The van der Waals surface area contributed by atoms with Gasteiger partial charge in [-0.15, -0.1) is 0 Å². The van der Waals surface area contributed by atoms with Crippen LogP contribution in [-0.4, -0.2) is 24.4 Å². The van der Waals surface area contributed by atoms with Gasteiger partial charge in [-0.25, -0.2) is 0 Å². The Balaban J connectivity index is 1.67. The van der Waals surface area contributed by atoms with Gasteiger partial charge in [-0.2, -0.15) is 0 Å². The molecule has 2 nitrogen and oxygen atoms in total. The monoisotopic (exact) mass is 140 g/mol. The van der Waals surface area contributed by atoms with Crippen LogP contribution in [0, 0.1) is 0 Å². The molecule has 0 aromatic heterocycles. The van der Waals surface area contributed by atoms with Crippen molar-refractivity contribution in [1.29, 1.82) is 0 Å². The molecular weight excluding hydrogens is 128 g/mol. The van der Waals surface area contributed by atoms with Crippen LogP contribution in [0.25, 0.3) is 0 Å². The summed E-state index contributed by atoms with van der Waals surface area (Å²) in [6, 6.07) is 0. The maximum absolute atomic E-state index is 5.45. The van der Waals surface area contributed by atoms with Crippen molar-refractivity contribution in [3.8, 4) is 0 Å². The van der Waals surface area contributed by atoms with Crippen molar-refractivity contribution in [3.63, 3.8) is 0 Å². The third-order valence-electron chi connectivity index (χ3n) is 2.85. The Kier molecular flexibility index (Phi) is 0.968. The van der Waals surface area contributed by atoms with E-state index in [9.17, 15) is 0 Å². The minimum atomic E-state index is 0.616. The molecule has 2 saturated heterocycles.